The van der Waals surface area contributed by atoms with E-state index in [2.05, 4.69) is 4.98 Å². The van der Waals surface area contributed by atoms with Gasteiger partial charge in [-0.3, -0.25) is 0 Å². The second kappa shape index (κ2) is 4.82. The van der Waals surface area contributed by atoms with E-state index in [-0.39, 0.29) is 0 Å². The topological polar surface area (TPSA) is 48.1 Å². The van der Waals surface area contributed by atoms with Crippen LogP contribution >= 0.6 is 22.9 Å². The first kappa shape index (κ1) is 11.4. The molecule has 0 amide bonds. The van der Waals surface area contributed by atoms with Gasteiger partial charge in [0, 0.05) is 11.9 Å². The van der Waals surface area contributed by atoms with Crippen molar-refractivity contribution < 1.29 is 4.74 Å². The van der Waals surface area contributed by atoms with E-state index in [1.807, 2.05) is 23.6 Å². The smallest absolute Gasteiger partial charge is 0.130 e. The molecule has 0 aliphatic rings. The third kappa shape index (κ3) is 2.04. The highest BCUT2D eigenvalue weighted by Gasteiger charge is 2.13. The Bertz CT molecular complexity index is 498. The van der Waals surface area contributed by atoms with Crippen molar-refractivity contribution in [2.45, 2.75) is 6.54 Å². The minimum absolute atomic E-state index is 0.434. The number of ether oxygens (including phenoxy) is 1. The number of aromatic nitrogens is 1. The van der Waals surface area contributed by atoms with Crippen LogP contribution in [0.5, 0.6) is 5.75 Å². The standard InChI is InChI=1S/C11H11ClN2OS/c1-15-9-4-2-3-8(12)10(9)11-14-7(5-13)6-16-11/h2-4,6H,5,13H2,1H3. The average molecular weight is 255 g/mol. The minimum atomic E-state index is 0.434. The van der Waals surface area contributed by atoms with Crippen molar-refractivity contribution in [2.75, 3.05) is 7.11 Å². The Balaban J connectivity index is 2.53. The molecule has 0 saturated heterocycles. The molecule has 2 rings (SSSR count). The number of hydrogen-bond acceptors (Lipinski definition) is 4. The van der Waals surface area contributed by atoms with Crippen molar-refractivity contribution in [1.82, 2.24) is 4.98 Å². The fourth-order valence-corrected chi connectivity index (χ4v) is 2.60. The molecule has 1 aromatic heterocycles. The van der Waals surface area contributed by atoms with Gasteiger partial charge in [-0.2, -0.15) is 0 Å². The number of hydrogen-bond donors (Lipinski definition) is 1. The van der Waals surface area contributed by atoms with E-state index >= 15 is 0 Å². The fourth-order valence-electron chi connectivity index (χ4n) is 1.40. The lowest BCUT2D eigenvalue weighted by molar-refractivity contribution is 0.416. The second-order valence-electron chi connectivity index (χ2n) is 3.17. The second-order valence-corrected chi connectivity index (χ2v) is 4.43. The first-order valence-electron chi connectivity index (χ1n) is 4.73. The van der Waals surface area contributed by atoms with Crippen molar-refractivity contribution >= 4 is 22.9 Å². The summed E-state index contributed by atoms with van der Waals surface area (Å²) in [5.74, 6) is 0.727. The Morgan fingerprint density at radius 1 is 1.50 bits per heavy atom. The van der Waals surface area contributed by atoms with E-state index in [0.717, 1.165) is 22.0 Å². The molecule has 0 fully saturated rings. The summed E-state index contributed by atoms with van der Waals surface area (Å²) in [7, 11) is 1.62. The zero-order valence-corrected chi connectivity index (χ0v) is 10.3. The van der Waals surface area contributed by atoms with Crippen LogP contribution in [0.4, 0.5) is 0 Å². The van der Waals surface area contributed by atoms with Gasteiger partial charge in [-0.05, 0) is 12.1 Å². The van der Waals surface area contributed by atoms with Crippen LogP contribution < -0.4 is 10.5 Å². The summed E-state index contributed by atoms with van der Waals surface area (Å²) in [6, 6.07) is 5.54. The minimum Gasteiger partial charge on any atom is -0.496 e. The van der Waals surface area contributed by atoms with Crippen LogP contribution in [0.1, 0.15) is 5.69 Å². The summed E-state index contributed by atoms with van der Waals surface area (Å²) in [5.41, 5.74) is 7.22. The molecular weight excluding hydrogens is 244 g/mol. The molecule has 0 aliphatic heterocycles. The predicted octanol–water partition coefficient (Wildman–Crippen LogP) is 2.93. The van der Waals surface area contributed by atoms with Crippen LogP contribution in [0, 0.1) is 0 Å². The van der Waals surface area contributed by atoms with Crippen LogP contribution in [0.2, 0.25) is 5.02 Å². The largest absolute Gasteiger partial charge is 0.496 e. The molecule has 0 spiro atoms. The first-order valence-corrected chi connectivity index (χ1v) is 5.99. The van der Waals surface area contributed by atoms with E-state index in [1.165, 1.54) is 11.3 Å². The third-order valence-electron chi connectivity index (χ3n) is 2.17. The lowest BCUT2D eigenvalue weighted by atomic mass is 10.2. The van der Waals surface area contributed by atoms with Gasteiger partial charge in [0.2, 0.25) is 0 Å². The highest BCUT2D eigenvalue weighted by Crippen LogP contribution is 2.37. The highest BCUT2D eigenvalue weighted by molar-refractivity contribution is 7.13. The third-order valence-corrected chi connectivity index (χ3v) is 3.39. The molecule has 84 valence electrons. The molecule has 1 heterocycles. The molecule has 2 N–H and O–H groups in total. The molecule has 0 radical (unpaired) electrons. The Kier molecular flexibility index (Phi) is 3.43. The number of thiazole rings is 1. The van der Waals surface area contributed by atoms with Gasteiger partial charge in [0.25, 0.3) is 0 Å². The number of benzene rings is 1. The molecule has 0 unspecified atom stereocenters. The Morgan fingerprint density at radius 2 is 2.31 bits per heavy atom. The first-order chi connectivity index (χ1) is 7.76. The SMILES string of the molecule is COc1cccc(Cl)c1-c1nc(CN)cs1. The van der Waals surface area contributed by atoms with Gasteiger partial charge in [0.15, 0.2) is 0 Å². The molecule has 2 aromatic rings. The molecular formula is C11H11ClN2OS. The Hall–Kier alpha value is -1.10. The molecule has 0 atom stereocenters. The van der Waals surface area contributed by atoms with Gasteiger partial charge < -0.3 is 10.5 Å². The van der Waals surface area contributed by atoms with Crippen molar-refractivity contribution in [3.8, 4) is 16.3 Å². The summed E-state index contributed by atoms with van der Waals surface area (Å²) >= 11 is 7.67. The molecule has 0 aliphatic carbocycles. The maximum atomic E-state index is 6.15. The number of rotatable bonds is 3. The van der Waals surface area contributed by atoms with Crippen molar-refractivity contribution in [1.29, 1.82) is 0 Å². The van der Waals surface area contributed by atoms with Crippen LogP contribution in [0.15, 0.2) is 23.6 Å². The van der Waals surface area contributed by atoms with Gasteiger partial charge >= 0.3 is 0 Å². The van der Waals surface area contributed by atoms with E-state index in [4.69, 9.17) is 22.1 Å². The van der Waals surface area contributed by atoms with Gasteiger partial charge in [-0.1, -0.05) is 17.7 Å². The normalized spacial score (nSPS) is 10.4. The van der Waals surface area contributed by atoms with Gasteiger partial charge in [-0.25, -0.2) is 4.98 Å². The van der Waals surface area contributed by atoms with Crippen molar-refractivity contribution in [3.63, 3.8) is 0 Å². The molecule has 3 nitrogen and oxygen atoms in total. The number of nitrogens with two attached hydrogens (primary N) is 1. The van der Waals surface area contributed by atoms with Crippen molar-refractivity contribution in [2.24, 2.45) is 5.73 Å². The Labute approximate surface area is 103 Å². The lowest BCUT2D eigenvalue weighted by Gasteiger charge is -2.07. The summed E-state index contributed by atoms with van der Waals surface area (Å²) in [6.07, 6.45) is 0. The average Bonchev–Trinajstić information content (AvgIpc) is 2.76. The Morgan fingerprint density at radius 3 is 2.94 bits per heavy atom. The summed E-state index contributed by atoms with van der Waals surface area (Å²) < 4.78 is 5.27. The van der Waals surface area contributed by atoms with Gasteiger partial charge in [0.05, 0.1) is 23.4 Å². The predicted molar refractivity (Wildman–Crippen MR) is 67.0 cm³/mol. The molecule has 16 heavy (non-hydrogen) atoms. The molecule has 0 saturated carbocycles. The van der Waals surface area contributed by atoms with Gasteiger partial charge in [-0.15, -0.1) is 11.3 Å². The van der Waals surface area contributed by atoms with Crippen LogP contribution in [0.3, 0.4) is 0 Å². The van der Waals surface area contributed by atoms with E-state index in [0.29, 0.717) is 11.6 Å². The zero-order chi connectivity index (χ0) is 11.5. The van der Waals surface area contributed by atoms with Crippen LogP contribution in [-0.2, 0) is 6.54 Å². The van der Waals surface area contributed by atoms with Crippen molar-refractivity contribution in [3.05, 3.63) is 34.3 Å². The monoisotopic (exact) mass is 254 g/mol. The lowest BCUT2D eigenvalue weighted by Crippen LogP contribution is -1.96. The quantitative estimate of drug-likeness (QED) is 0.916. The fraction of sp³-hybridized carbons (Fsp3) is 0.182. The van der Waals surface area contributed by atoms with E-state index < -0.39 is 0 Å². The maximum absolute atomic E-state index is 6.15. The number of methoxy groups -OCH3 is 1. The number of nitrogens with zero attached hydrogens (tertiary/aromatic N) is 1. The van der Waals surface area contributed by atoms with Gasteiger partial charge in [0.1, 0.15) is 10.8 Å². The number of halogens is 1. The summed E-state index contributed by atoms with van der Waals surface area (Å²) in [5, 5.41) is 3.40. The maximum Gasteiger partial charge on any atom is 0.130 e. The summed E-state index contributed by atoms with van der Waals surface area (Å²) in [6.45, 7) is 0.434. The molecule has 5 heteroatoms. The summed E-state index contributed by atoms with van der Waals surface area (Å²) in [4.78, 5) is 4.40. The highest BCUT2D eigenvalue weighted by atomic mass is 35.5. The molecule has 1 aromatic carbocycles. The van der Waals surface area contributed by atoms with E-state index in [1.54, 1.807) is 7.11 Å². The van der Waals surface area contributed by atoms with Crippen LogP contribution in [-0.4, -0.2) is 12.1 Å². The molecule has 0 bridgehead atoms. The zero-order valence-electron chi connectivity index (χ0n) is 8.74. The van der Waals surface area contributed by atoms with Crippen LogP contribution in [0.25, 0.3) is 10.6 Å². The van der Waals surface area contributed by atoms with E-state index in [9.17, 15) is 0 Å².